The second kappa shape index (κ2) is 7.29. The average Bonchev–Trinajstić information content (AvgIpc) is 3.10. The SMILES string of the molecule is O=C(c1cccnc1)N1CCO[C@@H]2[C@H]1CC[C@H]2OCc1ccncc1. The minimum absolute atomic E-state index is 0.0164. The van der Waals surface area contributed by atoms with Gasteiger partial charge in [0, 0.05) is 31.3 Å². The highest BCUT2D eigenvalue weighted by Crippen LogP contribution is 2.33. The molecule has 4 rings (SSSR count). The predicted octanol–water partition coefficient (Wildman–Crippen LogP) is 2.07. The molecule has 0 spiro atoms. The predicted molar refractivity (Wildman–Crippen MR) is 90.8 cm³/mol. The van der Waals surface area contributed by atoms with Crippen LogP contribution in [0.2, 0.25) is 0 Å². The molecule has 25 heavy (non-hydrogen) atoms. The lowest BCUT2D eigenvalue weighted by Crippen LogP contribution is -2.53. The normalized spacial score (nSPS) is 25.6. The minimum atomic E-state index is -0.0591. The van der Waals surface area contributed by atoms with Crippen molar-refractivity contribution >= 4 is 5.91 Å². The van der Waals surface area contributed by atoms with Crippen LogP contribution < -0.4 is 0 Å². The number of carbonyl (C=O) groups excluding carboxylic acids is 1. The average molecular weight is 339 g/mol. The van der Waals surface area contributed by atoms with E-state index in [9.17, 15) is 4.79 Å². The molecule has 2 fully saturated rings. The Morgan fingerprint density at radius 2 is 2.08 bits per heavy atom. The number of amides is 1. The third-order valence-corrected chi connectivity index (χ3v) is 4.92. The van der Waals surface area contributed by atoms with Crippen LogP contribution in [-0.2, 0) is 16.1 Å². The molecule has 1 saturated carbocycles. The van der Waals surface area contributed by atoms with E-state index in [4.69, 9.17) is 9.47 Å². The van der Waals surface area contributed by atoms with Gasteiger partial charge in [0.15, 0.2) is 0 Å². The number of hydrogen-bond acceptors (Lipinski definition) is 5. The first-order chi connectivity index (χ1) is 12.3. The van der Waals surface area contributed by atoms with E-state index in [1.54, 1.807) is 30.9 Å². The molecule has 130 valence electrons. The van der Waals surface area contributed by atoms with Gasteiger partial charge in [-0.05, 0) is 42.7 Å². The molecule has 6 heteroatoms. The zero-order chi connectivity index (χ0) is 17.1. The standard InChI is InChI=1S/C19H21N3O3/c23-19(15-2-1-7-21-12-15)22-10-11-24-18-16(22)3-4-17(18)25-13-14-5-8-20-9-6-14/h1-2,5-9,12,16-18H,3-4,10-11,13H2/t16-,17-,18-/m1/s1. The smallest absolute Gasteiger partial charge is 0.255 e. The number of aromatic nitrogens is 2. The Balaban J connectivity index is 1.42. The zero-order valence-corrected chi connectivity index (χ0v) is 14.0. The van der Waals surface area contributed by atoms with Crippen LogP contribution in [0.25, 0.3) is 0 Å². The summed E-state index contributed by atoms with van der Waals surface area (Å²) in [6, 6.07) is 7.58. The first kappa shape index (κ1) is 16.2. The zero-order valence-electron chi connectivity index (χ0n) is 14.0. The van der Waals surface area contributed by atoms with E-state index in [1.807, 2.05) is 23.1 Å². The molecule has 1 aliphatic carbocycles. The van der Waals surface area contributed by atoms with Crippen molar-refractivity contribution in [2.24, 2.45) is 0 Å². The maximum atomic E-state index is 12.8. The molecule has 1 aliphatic heterocycles. The Morgan fingerprint density at radius 3 is 2.88 bits per heavy atom. The van der Waals surface area contributed by atoms with Crippen molar-refractivity contribution in [3.8, 4) is 0 Å². The van der Waals surface area contributed by atoms with Crippen molar-refractivity contribution in [3.63, 3.8) is 0 Å². The van der Waals surface area contributed by atoms with Crippen LogP contribution in [0, 0.1) is 0 Å². The summed E-state index contributed by atoms with van der Waals surface area (Å²) in [5.41, 5.74) is 1.72. The summed E-state index contributed by atoms with van der Waals surface area (Å²) in [6.07, 6.45) is 8.59. The van der Waals surface area contributed by atoms with Crippen molar-refractivity contribution < 1.29 is 14.3 Å². The fourth-order valence-corrected chi connectivity index (χ4v) is 3.68. The van der Waals surface area contributed by atoms with E-state index in [0.29, 0.717) is 25.3 Å². The fraction of sp³-hybridized carbons (Fsp3) is 0.421. The van der Waals surface area contributed by atoms with Crippen LogP contribution in [0.1, 0.15) is 28.8 Å². The second-order valence-corrected chi connectivity index (χ2v) is 6.43. The molecule has 0 aromatic carbocycles. The minimum Gasteiger partial charge on any atom is -0.372 e. The topological polar surface area (TPSA) is 64.6 Å². The Hall–Kier alpha value is -2.31. The first-order valence-corrected chi connectivity index (χ1v) is 8.66. The molecule has 0 N–H and O–H groups in total. The van der Waals surface area contributed by atoms with Gasteiger partial charge in [0.1, 0.15) is 6.10 Å². The van der Waals surface area contributed by atoms with Crippen molar-refractivity contribution in [2.75, 3.05) is 13.2 Å². The first-order valence-electron chi connectivity index (χ1n) is 8.66. The number of carbonyl (C=O) groups is 1. The van der Waals surface area contributed by atoms with Gasteiger partial charge in [-0.15, -0.1) is 0 Å². The fourth-order valence-electron chi connectivity index (χ4n) is 3.68. The summed E-state index contributed by atoms with van der Waals surface area (Å²) < 4.78 is 12.1. The molecular formula is C19H21N3O3. The molecule has 6 nitrogen and oxygen atoms in total. The number of ether oxygens (including phenoxy) is 2. The second-order valence-electron chi connectivity index (χ2n) is 6.43. The van der Waals surface area contributed by atoms with Crippen LogP contribution in [0.4, 0.5) is 0 Å². The maximum Gasteiger partial charge on any atom is 0.255 e. The van der Waals surface area contributed by atoms with Crippen molar-refractivity contribution in [1.82, 2.24) is 14.9 Å². The van der Waals surface area contributed by atoms with E-state index in [2.05, 4.69) is 9.97 Å². The summed E-state index contributed by atoms with van der Waals surface area (Å²) in [5, 5.41) is 0. The van der Waals surface area contributed by atoms with Gasteiger partial charge >= 0.3 is 0 Å². The molecule has 3 atom stereocenters. The highest BCUT2D eigenvalue weighted by atomic mass is 16.5. The largest absolute Gasteiger partial charge is 0.372 e. The third-order valence-electron chi connectivity index (χ3n) is 4.92. The van der Waals surface area contributed by atoms with E-state index in [1.165, 1.54) is 0 Å². The summed E-state index contributed by atoms with van der Waals surface area (Å²) in [6.45, 7) is 1.70. The molecule has 2 aromatic heterocycles. The Kier molecular flexibility index (Phi) is 4.72. The number of nitrogens with zero attached hydrogens (tertiary/aromatic N) is 3. The van der Waals surface area contributed by atoms with Crippen LogP contribution in [-0.4, -0.2) is 52.2 Å². The number of fused-ring (bicyclic) bond motifs is 1. The molecule has 1 amide bonds. The van der Waals surface area contributed by atoms with Crippen molar-refractivity contribution in [3.05, 3.63) is 60.2 Å². The van der Waals surface area contributed by atoms with Gasteiger partial charge in [0.25, 0.3) is 5.91 Å². The van der Waals surface area contributed by atoms with Crippen LogP contribution in [0.3, 0.4) is 0 Å². The number of pyridine rings is 2. The highest BCUT2D eigenvalue weighted by Gasteiger charge is 2.45. The molecule has 0 radical (unpaired) electrons. The van der Waals surface area contributed by atoms with Crippen LogP contribution in [0.15, 0.2) is 49.1 Å². The lowest BCUT2D eigenvalue weighted by molar-refractivity contribution is -0.108. The Bertz CT molecular complexity index is 710. The van der Waals surface area contributed by atoms with Gasteiger partial charge in [-0.1, -0.05) is 0 Å². The quantitative estimate of drug-likeness (QED) is 0.853. The van der Waals surface area contributed by atoms with Gasteiger partial charge in [0.05, 0.1) is 30.9 Å². The van der Waals surface area contributed by atoms with Gasteiger partial charge in [-0.2, -0.15) is 0 Å². The summed E-state index contributed by atoms with van der Waals surface area (Å²) >= 11 is 0. The number of hydrogen-bond donors (Lipinski definition) is 0. The van der Waals surface area contributed by atoms with Gasteiger partial charge < -0.3 is 14.4 Å². The third kappa shape index (κ3) is 3.41. The molecule has 3 heterocycles. The molecular weight excluding hydrogens is 318 g/mol. The van der Waals surface area contributed by atoms with Crippen LogP contribution in [0.5, 0.6) is 0 Å². The van der Waals surface area contributed by atoms with Crippen molar-refractivity contribution in [2.45, 2.75) is 37.7 Å². The molecule has 0 unspecified atom stereocenters. The Labute approximate surface area is 146 Å². The van der Waals surface area contributed by atoms with E-state index >= 15 is 0 Å². The molecule has 0 bridgehead atoms. The van der Waals surface area contributed by atoms with E-state index < -0.39 is 0 Å². The number of morpholine rings is 1. The molecule has 1 saturated heterocycles. The van der Waals surface area contributed by atoms with Gasteiger partial charge in [-0.25, -0.2) is 0 Å². The summed E-state index contributed by atoms with van der Waals surface area (Å²) in [4.78, 5) is 22.8. The van der Waals surface area contributed by atoms with Gasteiger partial charge in [-0.3, -0.25) is 14.8 Å². The summed E-state index contributed by atoms with van der Waals surface area (Å²) in [7, 11) is 0. The van der Waals surface area contributed by atoms with E-state index in [0.717, 1.165) is 18.4 Å². The summed E-state index contributed by atoms with van der Waals surface area (Å²) in [5.74, 6) is 0.0289. The Morgan fingerprint density at radius 1 is 1.20 bits per heavy atom. The lowest BCUT2D eigenvalue weighted by Gasteiger charge is -2.39. The van der Waals surface area contributed by atoms with Crippen LogP contribution >= 0.6 is 0 Å². The maximum absolute atomic E-state index is 12.8. The highest BCUT2D eigenvalue weighted by molar-refractivity contribution is 5.94. The van der Waals surface area contributed by atoms with Crippen molar-refractivity contribution in [1.29, 1.82) is 0 Å². The molecule has 2 aromatic rings. The monoisotopic (exact) mass is 339 g/mol. The molecule has 2 aliphatic rings. The van der Waals surface area contributed by atoms with Gasteiger partial charge in [0.2, 0.25) is 0 Å². The van der Waals surface area contributed by atoms with E-state index in [-0.39, 0.29) is 24.2 Å². The number of rotatable bonds is 4. The lowest BCUT2D eigenvalue weighted by atomic mass is 10.1.